The average Bonchev–Trinajstić information content (AvgIpc) is 3.34. The summed E-state index contributed by atoms with van der Waals surface area (Å²) in [4.78, 5) is 36.2. The highest BCUT2D eigenvalue weighted by atomic mass is 32.1. The first-order valence-electron chi connectivity index (χ1n) is 9.00. The Hall–Kier alpha value is -3.72. The molecule has 30 heavy (non-hydrogen) atoms. The van der Waals surface area contributed by atoms with Gasteiger partial charge < -0.3 is 15.5 Å². The molecule has 0 saturated carbocycles. The second-order valence-electron chi connectivity index (χ2n) is 6.96. The van der Waals surface area contributed by atoms with Crippen molar-refractivity contribution in [2.24, 2.45) is 5.92 Å². The van der Waals surface area contributed by atoms with Crippen LogP contribution in [0.2, 0.25) is 0 Å². The number of nitrogens with zero attached hydrogens (tertiary/aromatic N) is 1. The molecule has 8 nitrogen and oxygen atoms in total. The molecule has 0 spiro atoms. The Labute approximate surface area is 175 Å². The maximum absolute atomic E-state index is 13.1. The van der Waals surface area contributed by atoms with Crippen LogP contribution in [-0.2, 0) is 4.79 Å². The highest BCUT2D eigenvalue weighted by Gasteiger charge is 2.42. The van der Waals surface area contributed by atoms with Crippen molar-refractivity contribution in [2.45, 2.75) is 12.8 Å². The van der Waals surface area contributed by atoms with Crippen molar-refractivity contribution in [3.05, 3.63) is 86.8 Å². The molecule has 1 aromatic carbocycles. The smallest absolute Gasteiger partial charge is 0.270 e. The van der Waals surface area contributed by atoms with Crippen molar-refractivity contribution in [1.29, 1.82) is 0 Å². The third-order valence-electron chi connectivity index (χ3n) is 5.09. The summed E-state index contributed by atoms with van der Waals surface area (Å²) < 4.78 is 5.58. The van der Waals surface area contributed by atoms with Gasteiger partial charge >= 0.3 is 0 Å². The van der Waals surface area contributed by atoms with Crippen molar-refractivity contribution >= 4 is 39.3 Å². The second kappa shape index (κ2) is 7.27. The first-order chi connectivity index (χ1) is 14.3. The summed E-state index contributed by atoms with van der Waals surface area (Å²) in [5.74, 6) is -1.14. The van der Waals surface area contributed by atoms with E-state index in [0.29, 0.717) is 22.0 Å². The van der Waals surface area contributed by atoms with Gasteiger partial charge in [-0.05, 0) is 19.1 Å². The minimum atomic E-state index is -0.610. The van der Waals surface area contributed by atoms with Crippen molar-refractivity contribution in [1.82, 2.24) is 0 Å². The fourth-order valence-electron chi connectivity index (χ4n) is 3.76. The molecule has 0 radical (unpaired) electrons. The second-order valence-corrected chi connectivity index (χ2v) is 7.98. The molecule has 2 atom stereocenters. The zero-order valence-electron chi connectivity index (χ0n) is 15.9. The molecule has 3 N–H and O–H groups in total. The maximum Gasteiger partial charge on any atom is 0.270 e. The number of rotatable bonds is 5. The van der Waals surface area contributed by atoms with Gasteiger partial charge in [-0.2, -0.15) is 0 Å². The number of nitrogens with two attached hydrogens (primary N) is 1. The van der Waals surface area contributed by atoms with Gasteiger partial charge in [0.2, 0.25) is 5.78 Å². The number of carbonyl (C=O) groups excluding carboxylic acids is 2. The number of hydrogen-bond acceptors (Lipinski definition) is 8. The minimum absolute atomic E-state index is 0.114. The number of non-ortho nitro benzene ring substituents is 1. The number of ketones is 2. The number of benzene rings is 1. The monoisotopic (exact) mass is 423 g/mol. The van der Waals surface area contributed by atoms with Gasteiger partial charge in [0.05, 0.1) is 33.7 Å². The van der Waals surface area contributed by atoms with Crippen molar-refractivity contribution in [3.8, 4) is 0 Å². The van der Waals surface area contributed by atoms with Gasteiger partial charge in [-0.15, -0.1) is 11.3 Å². The van der Waals surface area contributed by atoms with E-state index in [0.717, 1.165) is 11.3 Å². The largest absolute Gasteiger partial charge is 0.469 e. The summed E-state index contributed by atoms with van der Waals surface area (Å²) in [6.07, 6.45) is 1.51. The number of hydrogen-bond donors (Lipinski definition) is 2. The Morgan fingerprint density at radius 3 is 2.70 bits per heavy atom. The van der Waals surface area contributed by atoms with Crippen molar-refractivity contribution in [3.63, 3.8) is 0 Å². The molecule has 152 valence electrons. The lowest BCUT2D eigenvalue weighted by Crippen LogP contribution is -2.30. The Bertz CT molecular complexity index is 1200. The Morgan fingerprint density at radius 2 is 2.07 bits per heavy atom. The van der Waals surface area contributed by atoms with E-state index in [1.807, 2.05) is 0 Å². The Balaban J connectivity index is 1.85. The lowest BCUT2D eigenvalue weighted by Gasteiger charge is -2.31. The van der Waals surface area contributed by atoms with E-state index < -0.39 is 22.5 Å². The number of Topliss-reactive ketones (excluding diaryl/α,β-unsaturated/α-hetero) is 1. The number of nitrogens with one attached hydrogen (secondary N) is 1. The predicted molar refractivity (Wildman–Crippen MR) is 113 cm³/mol. The van der Waals surface area contributed by atoms with E-state index in [1.165, 1.54) is 37.5 Å². The summed E-state index contributed by atoms with van der Waals surface area (Å²) in [6.45, 7) is 5.45. The van der Waals surface area contributed by atoms with E-state index in [1.54, 1.807) is 12.1 Å². The van der Waals surface area contributed by atoms with Crippen LogP contribution in [-0.4, -0.2) is 16.5 Å². The van der Waals surface area contributed by atoms with Crippen LogP contribution >= 0.6 is 11.3 Å². The summed E-state index contributed by atoms with van der Waals surface area (Å²) in [5, 5.41) is 14.8. The van der Waals surface area contributed by atoms with E-state index in [4.69, 9.17) is 10.2 Å². The van der Waals surface area contributed by atoms with Gasteiger partial charge in [0.1, 0.15) is 16.4 Å². The van der Waals surface area contributed by atoms with Crippen LogP contribution in [0.15, 0.2) is 59.4 Å². The van der Waals surface area contributed by atoms with Crippen LogP contribution in [0.25, 0.3) is 0 Å². The number of carbonyl (C=O) groups is 2. The number of anilines is 2. The number of furan rings is 1. The third-order valence-corrected chi connectivity index (χ3v) is 6.23. The van der Waals surface area contributed by atoms with E-state index in [9.17, 15) is 19.7 Å². The zero-order valence-corrected chi connectivity index (χ0v) is 16.7. The molecule has 3 aromatic rings. The topological polar surface area (TPSA) is 128 Å². The Kier molecular flexibility index (Phi) is 4.75. The van der Waals surface area contributed by atoms with Gasteiger partial charge in [0, 0.05) is 29.0 Å². The number of nitro groups is 1. The van der Waals surface area contributed by atoms with Crippen LogP contribution in [0.1, 0.15) is 39.4 Å². The van der Waals surface area contributed by atoms with Gasteiger partial charge in [-0.25, -0.2) is 0 Å². The predicted octanol–water partition coefficient (Wildman–Crippen LogP) is 4.34. The molecular formula is C21H17N3O5S. The van der Waals surface area contributed by atoms with Gasteiger partial charge in [-0.3, -0.25) is 19.7 Å². The molecule has 0 saturated heterocycles. The molecule has 2 aromatic heterocycles. The fraction of sp³-hybridized carbons (Fsp3) is 0.143. The van der Waals surface area contributed by atoms with Crippen LogP contribution < -0.4 is 11.1 Å². The van der Waals surface area contributed by atoms with Crippen molar-refractivity contribution < 1.29 is 18.9 Å². The lowest BCUT2D eigenvalue weighted by molar-refractivity contribution is -0.384. The first-order valence-corrected chi connectivity index (χ1v) is 9.82. The molecule has 0 bridgehead atoms. The van der Waals surface area contributed by atoms with Gasteiger partial charge in [-0.1, -0.05) is 18.7 Å². The number of nitro benzene ring substituents is 1. The van der Waals surface area contributed by atoms with Crippen LogP contribution in [0.5, 0.6) is 0 Å². The molecule has 0 unspecified atom stereocenters. The molecular weight excluding hydrogens is 406 g/mol. The minimum Gasteiger partial charge on any atom is -0.469 e. The number of nitrogen functional groups attached to an aromatic ring is 1. The zero-order chi connectivity index (χ0) is 21.6. The standard InChI is InChI=1S/C21H17N3O5S/c1-10-15(11(2)25)16(14-7-4-8-29-14)17-18(22)20(30-21(17)23-10)19(26)12-5-3-6-13(9-12)24(27)28/h3-9,15-16,23H,1,22H2,2H3/t15-,16-/m1/s1. The summed E-state index contributed by atoms with van der Waals surface area (Å²) in [5.41, 5.74) is 7.68. The van der Waals surface area contributed by atoms with Gasteiger partial charge in [0.15, 0.2) is 0 Å². The highest BCUT2D eigenvalue weighted by Crippen LogP contribution is 2.52. The number of fused-ring (bicyclic) bond motifs is 1. The quantitative estimate of drug-likeness (QED) is 0.355. The molecule has 0 fully saturated rings. The highest BCUT2D eigenvalue weighted by molar-refractivity contribution is 7.19. The van der Waals surface area contributed by atoms with Crippen LogP contribution in [0, 0.1) is 16.0 Å². The summed E-state index contributed by atoms with van der Waals surface area (Å²) in [6, 6.07) is 8.95. The molecule has 3 heterocycles. The molecule has 1 aliphatic rings. The number of allylic oxidation sites excluding steroid dienone is 1. The molecule has 4 rings (SSSR count). The molecule has 0 amide bonds. The summed E-state index contributed by atoms with van der Waals surface area (Å²) >= 11 is 1.13. The Morgan fingerprint density at radius 1 is 1.30 bits per heavy atom. The normalized spacial score (nSPS) is 17.8. The van der Waals surface area contributed by atoms with Gasteiger partial charge in [0.25, 0.3) is 5.69 Å². The van der Waals surface area contributed by atoms with Crippen molar-refractivity contribution in [2.75, 3.05) is 11.1 Å². The average molecular weight is 423 g/mol. The maximum atomic E-state index is 13.1. The fourth-order valence-corrected chi connectivity index (χ4v) is 4.93. The van der Waals surface area contributed by atoms with Crippen LogP contribution in [0.4, 0.5) is 16.4 Å². The van der Waals surface area contributed by atoms with Crippen LogP contribution in [0.3, 0.4) is 0 Å². The van der Waals surface area contributed by atoms with E-state index in [-0.39, 0.29) is 27.6 Å². The van der Waals surface area contributed by atoms with E-state index >= 15 is 0 Å². The third kappa shape index (κ3) is 3.09. The SMILES string of the molecule is C=C1Nc2sc(C(=O)c3cccc([N+](=O)[O-])c3)c(N)c2[C@H](c2ccco2)[C@H]1C(C)=O. The van der Waals surface area contributed by atoms with E-state index in [2.05, 4.69) is 11.9 Å². The molecule has 0 aliphatic carbocycles. The first kappa shape index (κ1) is 19.6. The molecule has 1 aliphatic heterocycles. The number of thiophene rings is 1. The molecule has 9 heteroatoms. The lowest BCUT2D eigenvalue weighted by atomic mass is 9.78. The summed E-state index contributed by atoms with van der Waals surface area (Å²) in [7, 11) is 0.